The molecule has 4 atom stereocenters. The molecule has 264 valence electrons. The minimum absolute atomic E-state index is 0.0293. The third-order valence-corrected chi connectivity index (χ3v) is 9.97. The molecule has 0 radical (unpaired) electrons. The molecule has 0 aliphatic carbocycles. The molecule has 2 aromatic heterocycles. The molecule has 12 nitrogen and oxygen atoms in total. The molecule has 2 saturated heterocycles. The topological polar surface area (TPSA) is 162 Å². The molecule has 0 bridgehead atoms. The number of carbonyl (C=O) groups excluding carboxylic acids is 3. The molecule has 50 heavy (non-hydrogen) atoms. The van der Waals surface area contributed by atoms with Gasteiger partial charge in [0.1, 0.15) is 11.6 Å². The smallest absolute Gasteiger partial charge is 0.405 e. The highest BCUT2D eigenvalue weighted by molar-refractivity contribution is 5.84. The van der Waals surface area contributed by atoms with E-state index in [0.29, 0.717) is 25.3 Å². The first-order valence-electron chi connectivity index (χ1n) is 17.7. The number of hydrogen-bond acceptors (Lipinski definition) is 7. The van der Waals surface area contributed by atoms with E-state index in [2.05, 4.69) is 73.8 Å². The summed E-state index contributed by atoms with van der Waals surface area (Å²) in [6, 6.07) is 16.7. The molecular formula is C38H48N8O4. The van der Waals surface area contributed by atoms with Crippen LogP contribution in [0.15, 0.2) is 60.9 Å². The third kappa shape index (κ3) is 7.60. The van der Waals surface area contributed by atoms with E-state index in [1.54, 1.807) is 11.1 Å². The van der Waals surface area contributed by atoms with Crippen molar-refractivity contribution < 1.29 is 19.1 Å². The number of H-pyrrole nitrogens is 2. The normalized spacial score (nSPS) is 18.8. The number of nitrogens with two attached hydrogens (primary N) is 1. The first kappa shape index (κ1) is 34.9. The quantitative estimate of drug-likeness (QED) is 0.143. The Morgan fingerprint density at radius 1 is 0.820 bits per heavy atom. The number of likely N-dealkylation sites (tertiary alicyclic amines) is 2. The number of imidazole rings is 2. The van der Waals surface area contributed by atoms with Crippen LogP contribution in [0, 0.1) is 5.92 Å². The molecule has 4 aromatic rings. The van der Waals surface area contributed by atoms with Gasteiger partial charge in [-0.3, -0.25) is 9.59 Å². The van der Waals surface area contributed by atoms with Crippen molar-refractivity contribution in [3.8, 4) is 33.6 Å². The fourth-order valence-corrected chi connectivity index (χ4v) is 6.96. The number of nitrogens with one attached hydrogen (secondary N) is 3. The Bertz CT molecular complexity index is 1780. The Kier molecular flexibility index (Phi) is 10.7. The number of carbonyl (C=O) groups is 3. The first-order valence-corrected chi connectivity index (χ1v) is 17.7. The van der Waals surface area contributed by atoms with Crippen LogP contribution in [0.5, 0.6) is 0 Å². The van der Waals surface area contributed by atoms with Gasteiger partial charge in [-0.25, -0.2) is 14.8 Å². The number of rotatable bonds is 12. The van der Waals surface area contributed by atoms with E-state index in [1.165, 1.54) is 0 Å². The Hall–Kier alpha value is -4.97. The standard InChI is InChI=1S/C38H48N8O4/c1-5-24(4)34(50-38(39)49)37(48)46-19-7-9-32(46)36-42-21-30(44-36)28-16-12-26(13-17-28)25-10-14-27(15-11-25)29-20-41-35(43-29)31-8-6-18-45(31)33(47)22-40-23(2)3/h10-17,20-21,23-24,31-32,34,40H,5-9,18-19,22H2,1-4H3,(H2,39,49)(H,41,43)(H,42,44)/t24?,31-,32-,34-/m0/s1. The van der Waals surface area contributed by atoms with Crippen LogP contribution in [0.3, 0.4) is 0 Å². The lowest BCUT2D eigenvalue weighted by molar-refractivity contribution is -0.144. The van der Waals surface area contributed by atoms with Gasteiger partial charge >= 0.3 is 6.09 Å². The summed E-state index contributed by atoms with van der Waals surface area (Å²) in [5.74, 6) is 1.27. The molecule has 0 saturated carbocycles. The Morgan fingerprint density at radius 2 is 1.30 bits per heavy atom. The van der Waals surface area contributed by atoms with Gasteiger partial charge in [-0.1, -0.05) is 76.2 Å². The van der Waals surface area contributed by atoms with Gasteiger partial charge in [-0.15, -0.1) is 0 Å². The van der Waals surface area contributed by atoms with E-state index in [1.807, 2.05) is 38.8 Å². The molecule has 4 heterocycles. The summed E-state index contributed by atoms with van der Waals surface area (Å²) >= 11 is 0. The zero-order valence-electron chi connectivity index (χ0n) is 29.3. The van der Waals surface area contributed by atoms with E-state index in [0.717, 1.165) is 71.7 Å². The van der Waals surface area contributed by atoms with Crippen LogP contribution < -0.4 is 11.1 Å². The highest BCUT2D eigenvalue weighted by Crippen LogP contribution is 2.35. The Labute approximate surface area is 293 Å². The van der Waals surface area contributed by atoms with Crippen LogP contribution in [0.4, 0.5) is 4.79 Å². The Balaban J connectivity index is 1.10. The van der Waals surface area contributed by atoms with Crippen LogP contribution in [0.1, 0.15) is 83.5 Å². The number of hydrogen-bond donors (Lipinski definition) is 4. The maximum atomic E-state index is 13.5. The zero-order valence-corrected chi connectivity index (χ0v) is 29.3. The summed E-state index contributed by atoms with van der Waals surface area (Å²) in [7, 11) is 0. The maximum Gasteiger partial charge on any atom is 0.405 e. The van der Waals surface area contributed by atoms with Gasteiger partial charge in [0.25, 0.3) is 5.91 Å². The molecule has 2 aromatic carbocycles. The molecule has 0 spiro atoms. The van der Waals surface area contributed by atoms with E-state index < -0.39 is 12.2 Å². The summed E-state index contributed by atoms with van der Waals surface area (Å²) in [6.45, 7) is 9.58. The lowest BCUT2D eigenvalue weighted by atomic mass is 10.00. The SMILES string of the molecule is CCC(C)[C@H](OC(N)=O)C(=O)N1CCC[C@H]1c1ncc(-c2ccc(-c3ccc(-c4cnc([C@@H]5CCCN5C(=O)CNC(C)C)[nH]4)cc3)cc2)[nH]1. The van der Waals surface area contributed by atoms with Crippen LogP contribution in [0.2, 0.25) is 0 Å². The van der Waals surface area contributed by atoms with Crippen molar-refractivity contribution in [1.29, 1.82) is 0 Å². The number of nitrogens with zero attached hydrogens (tertiary/aromatic N) is 4. The second-order valence-corrected chi connectivity index (χ2v) is 13.7. The van der Waals surface area contributed by atoms with Crippen molar-refractivity contribution in [2.24, 2.45) is 11.7 Å². The summed E-state index contributed by atoms with van der Waals surface area (Å²) in [6.07, 6.45) is 5.95. The average Bonchev–Trinajstić information content (AvgIpc) is 3.95. The van der Waals surface area contributed by atoms with E-state index in [-0.39, 0.29) is 35.9 Å². The molecular weight excluding hydrogens is 632 g/mol. The van der Waals surface area contributed by atoms with Gasteiger partial charge in [-0.05, 0) is 54.4 Å². The molecule has 1 unspecified atom stereocenters. The summed E-state index contributed by atoms with van der Waals surface area (Å²) < 4.78 is 5.25. The molecule has 2 fully saturated rings. The van der Waals surface area contributed by atoms with Gasteiger partial charge in [0, 0.05) is 25.0 Å². The highest BCUT2D eigenvalue weighted by atomic mass is 16.6. The van der Waals surface area contributed by atoms with Crippen molar-refractivity contribution in [3.63, 3.8) is 0 Å². The van der Waals surface area contributed by atoms with Crippen LogP contribution in [0.25, 0.3) is 33.6 Å². The lowest BCUT2D eigenvalue weighted by Gasteiger charge is -2.29. The number of aromatic amines is 2. The molecule has 6 rings (SSSR count). The van der Waals surface area contributed by atoms with Crippen molar-refractivity contribution in [3.05, 3.63) is 72.6 Å². The van der Waals surface area contributed by atoms with Crippen molar-refractivity contribution in [2.45, 2.75) is 84.0 Å². The fraction of sp³-hybridized carbons (Fsp3) is 0.447. The molecule has 2 aliphatic rings. The van der Waals surface area contributed by atoms with Gasteiger partial charge in [0.15, 0.2) is 6.10 Å². The summed E-state index contributed by atoms with van der Waals surface area (Å²) in [5, 5.41) is 3.23. The van der Waals surface area contributed by atoms with Crippen LogP contribution in [-0.4, -0.2) is 79.4 Å². The predicted molar refractivity (Wildman–Crippen MR) is 191 cm³/mol. The predicted octanol–water partition coefficient (Wildman–Crippen LogP) is 5.97. The maximum absolute atomic E-state index is 13.5. The average molecular weight is 681 g/mol. The second kappa shape index (κ2) is 15.3. The van der Waals surface area contributed by atoms with Crippen molar-refractivity contribution in [2.75, 3.05) is 19.6 Å². The van der Waals surface area contributed by atoms with E-state index >= 15 is 0 Å². The minimum Gasteiger partial charge on any atom is -0.436 e. The number of benzene rings is 2. The highest BCUT2D eigenvalue weighted by Gasteiger charge is 2.39. The number of primary amides is 1. The van der Waals surface area contributed by atoms with Crippen LogP contribution in [-0.2, 0) is 14.3 Å². The monoisotopic (exact) mass is 680 g/mol. The van der Waals surface area contributed by atoms with Gasteiger partial charge in [-0.2, -0.15) is 0 Å². The fourth-order valence-electron chi connectivity index (χ4n) is 6.96. The number of amides is 3. The second-order valence-electron chi connectivity index (χ2n) is 13.7. The summed E-state index contributed by atoms with van der Waals surface area (Å²) in [5.41, 5.74) is 11.3. The number of ether oxygens (including phenoxy) is 1. The third-order valence-electron chi connectivity index (χ3n) is 9.97. The van der Waals surface area contributed by atoms with E-state index in [4.69, 9.17) is 10.5 Å². The largest absolute Gasteiger partial charge is 0.436 e. The Morgan fingerprint density at radius 3 is 1.78 bits per heavy atom. The zero-order chi connectivity index (χ0) is 35.4. The van der Waals surface area contributed by atoms with Crippen molar-refractivity contribution in [1.82, 2.24) is 35.1 Å². The van der Waals surface area contributed by atoms with Gasteiger partial charge < -0.3 is 35.6 Å². The first-order chi connectivity index (χ1) is 24.1. The molecule has 2 aliphatic heterocycles. The molecule has 5 N–H and O–H groups in total. The van der Waals surface area contributed by atoms with Crippen LogP contribution >= 0.6 is 0 Å². The van der Waals surface area contributed by atoms with Gasteiger partial charge in [0.2, 0.25) is 5.91 Å². The summed E-state index contributed by atoms with van der Waals surface area (Å²) in [4.78, 5) is 57.8. The lowest BCUT2D eigenvalue weighted by Crippen LogP contribution is -2.45. The minimum atomic E-state index is -0.942. The van der Waals surface area contributed by atoms with E-state index in [9.17, 15) is 14.4 Å². The number of aromatic nitrogens is 4. The van der Waals surface area contributed by atoms with Gasteiger partial charge in [0.05, 0.1) is 42.4 Å². The molecule has 3 amide bonds. The molecule has 12 heteroatoms. The van der Waals surface area contributed by atoms with Crippen molar-refractivity contribution >= 4 is 17.9 Å².